The van der Waals surface area contributed by atoms with E-state index < -0.39 is 0 Å². The molecule has 2 N–H and O–H groups in total. The fraction of sp³-hybridized carbons (Fsp3) is 0.571. The van der Waals surface area contributed by atoms with E-state index in [4.69, 9.17) is 10.6 Å². The van der Waals surface area contributed by atoms with Crippen molar-refractivity contribution in [2.45, 2.75) is 25.4 Å². The highest BCUT2D eigenvalue weighted by atomic mass is 16.6. The van der Waals surface area contributed by atoms with Crippen molar-refractivity contribution in [2.75, 3.05) is 26.7 Å². The summed E-state index contributed by atoms with van der Waals surface area (Å²) < 4.78 is 6.03. The van der Waals surface area contributed by atoms with E-state index >= 15 is 0 Å². The third kappa shape index (κ3) is 3.98. The zero-order valence-corrected chi connectivity index (χ0v) is 11.0. The first kappa shape index (κ1) is 13.3. The Morgan fingerprint density at radius 2 is 2.11 bits per heavy atom. The van der Waals surface area contributed by atoms with E-state index in [1.54, 1.807) is 0 Å². The van der Waals surface area contributed by atoms with Crippen molar-refractivity contribution < 1.29 is 9.57 Å². The van der Waals surface area contributed by atoms with Gasteiger partial charge in [0.1, 0.15) is 11.9 Å². The standard InChI is InChI=1S/C14H22N2O2/c1-16-8-5-13(6-9-16)18-14-4-2-3-12(11-14)7-10-17-15/h2-4,11,13H,5-10,15H2,1H3. The van der Waals surface area contributed by atoms with Crippen LogP contribution in [-0.2, 0) is 11.3 Å². The molecule has 1 aliphatic rings. The van der Waals surface area contributed by atoms with Gasteiger partial charge in [0.05, 0.1) is 6.61 Å². The lowest BCUT2D eigenvalue weighted by Gasteiger charge is -2.29. The largest absolute Gasteiger partial charge is 0.490 e. The summed E-state index contributed by atoms with van der Waals surface area (Å²) in [4.78, 5) is 6.94. The second-order valence-corrected chi connectivity index (χ2v) is 4.89. The van der Waals surface area contributed by atoms with Gasteiger partial charge in [0.15, 0.2) is 0 Å². The Morgan fingerprint density at radius 3 is 2.83 bits per heavy atom. The first-order chi connectivity index (χ1) is 8.78. The fourth-order valence-corrected chi connectivity index (χ4v) is 2.25. The number of nitrogens with zero attached hydrogens (tertiary/aromatic N) is 1. The van der Waals surface area contributed by atoms with Gasteiger partial charge < -0.3 is 14.5 Å². The van der Waals surface area contributed by atoms with Gasteiger partial charge in [-0.3, -0.25) is 0 Å². The van der Waals surface area contributed by atoms with E-state index in [1.807, 2.05) is 12.1 Å². The van der Waals surface area contributed by atoms with Crippen molar-refractivity contribution in [2.24, 2.45) is 5.90 Å². The van der Waals surface area contributed by atoms with Gasteiger partial charge in [0.25, 0.3) is 0 Å². The average Bonchev–Trinajstić information content (AvgIpc) is 2.40. The lowest BCUT2D eigenvalue weighted by molar-refractivity contribution is 0.114. The van der Waals surface area contributed by atoms with E-state index in [9.17, 15) is 0 Å². The van der Waals surface area contributed by atoms with Crippen LogP contribution in [0, 0.1) is 0 Å². The highest BCUT2D eigenvalue weighted by Gasteiger charge is 2.17. The van der Waals surface area contributed by atoms with Crippen LogP contribution in [-0.4, -0.2) is 37.7 Å². The third-order valence-electron chi connectivity index (χ3n) is 3.38. The zero-order valence-electron chi connectivity index (χ0n) is 11.0. The van der Waals surface area contributed by atoms with Gasteiger partial charge in [0, 0.05) is 13.1 Å². The molecule has 0 aromatic heterocycles. The van der Waals surface area contributed by atoms with Crippen molar-refractivity contribution in [1.29, 1.82) is 0 Å². The molecule has 0 spiro atoms. The summed E-state index contributed by atoms with van der Waals surface area (Å²) in [5, 5.41) is 0. The van der Waals surface area contributed by atoms with E-state index in [2.05, 4.69) is 28.9 Å². The predicted molar refractivity (Wildman–Crippen MR) is 71.4 cm³/mol. The van der Waals surface area contributed by atoms with Crippen molar-refractivity contribution in [1.82, 2.24) is 4.90 Å². The number of piperidine rings is 1. The number of ether oxygens (including phenoxy) is 1. The van der Waals surface area contributed by atoms with Crippen LogP contribution in [0.5, 0.6) is 5.75 Å². The van der Waals surface area contributed by atoms with E-state index in [1.165, 1.54) is 5.56 Å². The molecule has 1 aromatic rings. The van der Waals surface area contributed by atoms with Crippen molar-refractivity contribution in [3.05, 3.63) is 29.8 Å². The molecule has 0 aliphatic carbocycles. The van der Waals surface area contributed by atoms with Gasteiger partial charge >= 0.3 is 0 Å². The minimum absolute atomic E-state index is 0.349. The summed E-state index contributed by atoms with van der Waals surface area (Å²) in [6.07, 6.45) is 3.38. The van der Waals surface area contributed by atoms with Crippen LogP contribution in [0.3, 0.4) is 0 Å². The third-order valence-corrected chi connectivity index (χ3v) is 3.38. The molecule has 4 nitrogen and oxygen atoms in total. The molecule has 1 aliphatic heterocycles. The van der Waals surface area contributed by atoms with Crippen molar-refractivity contribution in [3.8, 4) is 5.75 Å². The molecule has 18 heavy (non-hydrogen) atoms. The SMILES string of the molecule is CN1CCC(Oc2cccc(CCON)c2)CC1. The van der Waals surface area contributed by atoms with E-state index in [0.717, 1.165) is 38.1 Å². The molecule has 1 aromatic carbocycles. The summed E-state index contributed by atoms with van der Waals surface area (Å²) in [6.45, 7) is 2.77. The average molecular weight is 250 g/mol. The first-order valence-corrected chi connectivity index (χ1v) is 6.54. The summed E-state index contributed by atoms with van der Waals surface area (Å²) in [6, 6.07) is 8.19. The summed E-state index contributed by atoms with van der Waals surface area (Å²) in [7, 11) is 2.16. The Labute approximate surface area is 109 Å². The lowest BCUT2D eigenvalue weighted by atomic mass is 10.1. The maximum Gasteiger partial charge on any atom is 0.119 e. The summed E-state index contributed by atoms with van der Waals surface area (Å²) in [5.41, 5.74) is 1.20. The van der Waals surface area contributed by atoms with Crippen LogP contribution in [0.25, 0.3) is 0 Å². The highest BCUT2D eigenvalue weighted by Crippen LogP contribution is 2.19. The van der Waals surface area contributed by atoms with Gasteiger partial charge in [-0.1, -0.05) is 12.1 Å². The normalized spacial score (nSPS) is 17.9. The molecule has 2 rings (SSSR count). The second-order valence-electron chi connectivity index (χ2n) is 4.89. The van der Waals surface area contributed by atoms with Crippen LogP contribution < -0.4 is 10.6 Å². The topological polar surface area (TPSA) is 47.7 Å². The van der Waals surface area contributed by atoms with Gasteiger partial charge in [-0.15, -0.1) is 0 Å². The maximum atomic E-state index is 6.03. The molecular formula is C14H22N2O2. The molecule has 1 heterocycles. The van der Waals surface area contributed by atoms with Crippen LogP contribution >= 0.6 is 0 Å². The fourth-order valence-electron chi connectivity index (χ4n) is 2.25. The Balaban J connectivity index is 1.88. The maximum absolute atomic E-state index is 6.03. The van der Waals surface area contributed by atoms with Crippen molar-refractivity contribution in [3.63, 3.8) is 0 Å². The minimum atomic E-state index is 0.349. The Morgan fingerprint density at radius 1 is 1.33 bits per heavy atom. The molecule has 1 saturated heterocycles. The van der Waals surface area contributed by atoms with Crippen LogP contribution in [0.2, 0.25) is 0 Å². The first-order valence-electron chi connectivity index (χ1n) is 6.54. The number of likely N-dealkylation sites (tertiary alicyclic amines) is 1. The molecular weight excluding hydrogens is 228 g/mol. The molecule has 100 valence electrons. The van der Waals surface area contributed by atoms with Crippen LogP contribution in [0.15, 0.2) is 24.3 Å². The monoisotopic (exact) mass is 250 g/mol. The Bertz CT molecular complexity index is 363. The van der Waals surface area contributed by atoms with Crippen molar-refractivity contribution >= 4 is 0 Å². The Hall–Kier alpha value is -1.10. The molecule has 0 amide bonds. The molecule has 1 fully saturated rings. The zero-order chi connectivity index (χ0) is 12.8. The van der Waals surface area contributed by atoms with Crippen LogP contribution in [0.4, 0.5) is 0 Å². The minimum Gasteiger partial charge on any atom is -0.490 e. The van der Waals surface area contributed by atoms with Gasteiger partial charge in [-0.2, -0.15) is 0 Å². The molecule has 0 unspecified atom stereocenters. The molecule has 0 atom stereocenters. The van der Waals surface area contributed by atoms with Crippen LogP contribution in [0.1, 0.15) is 18.4 Å². The second kappa shape index (κ2) is 6.73. The molecule has 0 bridgehead atoms. The van der Waals surface area contributed by atoms with E-state index in [-0.39, 0.29) is 0 Å². The van der Waals surface area contributed by atoms with Gasteiger partial charge in [-0.05, 0) is 44.0 Å². The number of rotatable bonds is 5. The van der Waals surface area contributed by atoms with Gasteiger partial charge in [-0.25, -0.2) is 5.90 Å². The smallest absolute Gasteiger partial charge is 0.119 e. The summed E-state index contributed by atoms with van der Waals surface area (Å²) >= 11 is 0. The molecule has 0 saturated carbocycles. The van der Waals surface area contributed by atoms with E-state index in [0.29, 0.717) is 12.7 Å². The van der Waals surface area contributed by atoms with Gasteiger partial charge in [0.2, 0.25) is 0 Å². The number of benzene rings is 1. The quantitative estimate of drug-likeness (QED) is 0.806. The number of hydrogen-bond acceptors (Lipinski definition) is 4. The lowest BCUT2D eigenvalue weighted by Crippen LogP contribution is -2.35. The number of hydrogen-bond donors (Lipinski definition) is 1. The Kier molecular flexibility index (Phi) is 4.99. The summed E-state index contributed by atoms with van der Waals surface area (Å²) in [5.74, 6) is 6.00. The highest BCUT2D eigenvalue weighted by molar-refractivity contribution is 5.28. The molecule has 4 heteroatoms. The predicted octanol–water partition coefficient (Wildman–Crippen LogP) is 1.59. The number of nitrogens with two attached hydrogens (primary N) is 1. The molecule has 0 radical (unpaired) electrons.